The third-order valence-electron chi connectivity index (χ3n) is 3.80. The van der Waals surface area contributed by atoms with E-state index in [9.17, 15) is 0 Å². The molecule has 1 aromatic rings. The largest absolute Gasteiger partial charge is 0.493 e. The number of benzene rings is 1. The fraction of sp³-hybridized carbons (Fsp3) is 0.600. The lowest BCUT2D eigenvalue weighted by Crippen LogP contribution is -2.48. The Balaban J connectivity index is 2.28. The summed E-state index contributed by atoms with van der Waals surface area (Å²) in [5, 5.41) is 0. The van der Waals surface area contributed by atoms with Crippen LogP contribution in [0.15, 0.2) is 30.3 Å². The highest BCUT2D eigenvalue weighted by Gasteiger charge is 2.19. The van der Waals surface area contributed by atoms with Crippen LogP contribution in [0.5, 0.6) is 5.75 Å². The monoisotopic (exact) mass is 236 g/mol. The number of rotatable bonds is 8. The maximum absolute atomic E-state index is 5.72. The van der Waals surface area contributed by atoms with Gasteiger partial charge in [-0.25, -0.2) is 0 Å². The quantitative estimate of drug-likeness (QED) is 0.497. The molecule has 1 rings (SSSR count). The predicted octanol–water partition coefficient (Wildman–Crippen LogP) is 3.33. The third kappa shape index (κ3) is 4.39. The molecular formula is C15H26NO+. The number of quaternary nitrogens is 1. The molecule has 0 bridgehead atoms. The second-order valence-electron chi connectivity index (χ2n) is 4.53. The van der Waals surface area contributed by atoms with Crippen molar-refractivity contribution < 1.29 is 9.22 Å². The molecule has 0 unspecified atom stereocenters. The van der Waals surface area contributed by atoms with Gasteiger partial charge in [-0.3, -0.25) is 0 Å². The van der Waals surface area contributed by atoms with Crippen LogP contribution in [-0.2, 0) is 0 Å². The standard InChI is InChI=1S/C15H26NO/c1-4-16(5-2,6-3)13-10-14-17-15-11-8-7-9-12-15/h7-9,11-12H,4-6,10,13-14H2,1-3H3/q+1. The molecule has 0 saturated heterocycles. The Kier molecular flexibility index (Phi) is 6.06. The molecule has 0 amide bonds. The van der Waals surface area contributed by atoms with Crippen molar-refractivity contribution in [2.45, 2.75) is 27.2 Å². The molecule has 0 aliphatic rings. The summed E-state index contributed by atoms with van der Waals surface area (Å²) in [5.41, 5.74) is 0. The molecule has 0 heterocycles. The first-order valence-electron chi connectivity index (χ1n) is 6.79. The summed E-state index contributed by atoms with van der Waals surface area (Å²) in [6.45, 7) is 12.6. The van der Waals surface area contributed by atoms with E-state index >= 15 is 0 Å². The van der Waals surface area contributed by atoms with E-state index in [-0.39, 0.29) is 0 Å². The summed E-state index contributed by atoms with van der Waals surface area (Å²) < 4.78 is 6.93. The first kappa shape index (κ1) is 14.0. The zero-order chi connectivity index (χ0) is 12.6. The maximum atomic E-state index is 5.72. The summed E-state index contributed by atoms with van der Waals surface area (Å²) in [7, 11) is 0. The minimum Gasteiger partial charge on any atom is -0.493 e. The van der Waals surface area contributed by atoms with Crippen molar-refractivity contribution in [2.24, 2.45) is 0 Å². The smallest absolute Gasteiger partial charge is 0.119 e. The lowest BCUT2D eigenvalue weighted by Gasteiger charge is -2.35. The van der Waals surface area contributed by atoms with Gasteiger partial charge in [-0.05, 0) is 32.9 Å². The fourth-order valence-corrected chi connectivity index (χ4v) is 2.25. The molecule has 2 nitrogen and oxygen atoms in total. The van der Waals surface area contributed by atoms with Gasteiger partial charge in [0, 0.05) is 6.42 Å². The maximum Gasteiger partial charge on any atom is 0.119 e. The molecule has 0 atom stereocenters. The zero-order valence-corrected chi connectivity index (χ0v) is 11.5. The predicted molar refractivity (Wildman–Crippen MR) is 73.3 cm³/mol. The second-order valence-corrected chi connectivity index (χ2v) is 4.53. The van der Waals surface area contributed by atoms with Crippen LogP contribution in [0, 0.1) is 0 Å². The van der Waals surface area contributed by atoms with Crippen molar-refractivity contribution in [3.63, 3.8) is 0 Å². The SMILES string of the molecule is CC[N+](CC)(CC)CCCOc1ccccc1. The highest BCUT2D eigenvalue weighted by molar-refractivity contribution is 5.20. The van der Waals surface area contributed by atoms with Crippen molar-refractivity contribution in [3.05, 3.63) is 30.3 Å². The molecule has 0 N–H and O–H groups in total. The molecule has 0 aromatic heterocycles. The van der Waals surface area contributed by atoms with Gasteiger partial charge < -0.3 is 9.22 Å². The number of para-hydroxylation sites is 1. The number of hydrogen-bond donors (Lipinski definition) is 0. The number of hydrogen-bond acceptors (Lipinski definition) is 1. The van der Waals surface area contributed by atoms with Crippen LogP contribution >= 0.6 is 0 Å². The van der Waals surface area contributed by atoms with Crippen LogP contribution in [0.25, 0.3) is 0 Å². The molecule has 96 valence electrons. The van der Waals surface area contributed by atoms with E-state index in [2.05, 4.69) is 20.8 Å². The van der Waals surface area contributed by atoms with Gasteiger partial charge in [0.25, 0.3) is 0 Å². The van der Waals surface area contributed by atoms with Gasteiger partial charge in [-0.15, -0.1) is 0 Å². The summed E-state index contributed by atoms with van der Waals surface area (Å²) in [4.78, 5) is 0. The average Bonchev–Trinajstić information content (AvgIpc) is 2.41. The first-order chi connectivity index (χ1) is 8.26. The van der Waals surface area contributed by atoms with E-state index < -0.39 is 0 Å². The van der Waals surface area contributed by atoms with Crippen molar-refractivity contribution >= 4 is 0 Å². The van der Waals surface area contributed by atoms with Crippen LogP contribution in [0.3, 0.4) is 0 Å². The van der Waals surface area contributed by atoms with E-state index in [1.165, 1.54) is 30.7 Å². The molecule has 17 heavy (non-hydrogen) atoms. The summed E-state index contributed by atoms with van der Waals surface area (Å²) in [5.74, 6) is 0.982. The first-order valence-corrected chi connectivity index (χ1v) is 6.79. The van der Waals surface area contributed by atoms with Crippen molar-refractivity contribution in [1.82, 2.24) is 0 Å². The Labute approximate surface area is 106 Å². The van der Waals surface area contributed by atoms with Gasteiger partial charge in [-0.2, -0.15) is 0 Å². The highest BCUT2D eigenvalue weighted by Crippen LogP contribution is 2.10. The molecule has 1 aromatic carbocycles. The number of nitrogens with zero attached hydrogens (tertiary/aromatic N) is 1. The zero-order valence-electron chi connectivity index (χ0n) is 11.5. The van der Waals surface area contributed by atoms with Crippen LogP contribution in [0.4, 0.5) is 0 Å². The Morgan fingerprint density at radius 2 is 1.53 bits per heavy atom. The molecule has 2 heteroatoms. The van der Waals surface area contributed by atoms with Gasteiger partial charge in [-0.1, -0.05) is 18.2 Å². The van der Waals surface area contributed by atoms with Crippen LogP contribution in [-0.4, -0.2) is 37.3 Å². The minimum atomic E-state index is 0.823. The molecular weight excluding hydrogens is 210 g/mol. The lowest BCUT2D eigenvalue weighted by atomic mass is 10.3. The molecule has 0 saturated carbocycles. The summed E-state index contributed by atoms with van der Waals surface area (Å²) >= 11 is 0. The molecule has 0 spiro atoms. The van der Waals surface area contributed by atoms with E-state index in [4.69, 9.17) is 4.74 Å². The Morgan fingerprint density at radius 3 is 2.06 bits per heavy atom. The number of ether oxygens (including phenoxy) is 1. The van der Waals surface area contributed by atoms with Gasteiger partial charge in [0.05, 0.1) is 32.8 Å². The lowest BCUT2D eigenvalue weighted by molar-refractivity contribution is -0.923. The van der Waals surface area contributed by atoms with Crippen molar-refractivity contribution in [1.29, 1.82) is 0 Å². The van der Waals surface area contributed by atoms with E-state index in [1.807, 2.05) is 30.3 Å². The van der Waals surface area contributed by atoms with Gasteiger partial charge in [0.15, 0.2) is 0 Å². The minimum absolute atomic E-state index is 0.823. The van der Waals surface area contributed by atoms with Gasteiger partial charge >= 0.3 is 0 Å². The molecule has 0 aliphatic heterocycles. The van der Waals surface area contributed by atoms with Crippen LogP contribution in [0.2, 0.25) is 0 Å². The van der Waals surface area contributed by atoms with Crippen molar-refractivity contribution in [3.8, 4) is 5.75 Å². The molecule has 0 aliphatic carbocycles. The Hall–Kier alpha value is -1.02. The second kappa shape index (κ2) is 7.33. The summed E-state index contributed by atoms with van der Waals surface area (Å²) in [6.07, 6.45) is 1.13. The van der Waals surface area contributed by atoms with Crippen molar-refractivity contribution in [2.75, 3.05) is 32.8 Å². The molecule has 0 fully saturated rings. The van der Waals surface area contributed by atoms with E-state index in [0.717, 1.165) is 18.8 Å². The van der Waals surface area contributed by atoms with Crippen LogP contribution < -0.4 is 4.74 Å². The van der Waals surface area contributed by atoms with E-state index in [1.54, 1.807) is 0 Å². The van der Waals surface area contributed by atoms with Crippen LogP contribution in [0.1, 0.15) is 27.2 Å². The van der Waals surface area contributed by atoms with E-state index in [0.29, 0.717) is 0 Å². The third-order valence-corrected chi connectivity index (χ3v) is 3.80. The Bertz CT molecular complexity index is 285. The highest BCUT2D eigenvalue weighted by atomic mass is 16.5. The topological polar surface area (TPSA) is 9.23 Å². The van der Waals surface area contributed by atoms with Gasteiger partial charge in [0.2, 0.25) is 0 Å². The normalized spacial score (nSPS) is 11.5. The average molecular weight is 236 g/mol. The fourth-order valence-electron chi connectivity index (χ4n) is 2.25. The van der Waals surface area contributed by atoms with Gasteiger partial charge in [0.1, 0.15) is 5.75 Å². The Morgan fingerprint density at radius 1 is 0.941 bits per heavy atom. The summed E-state index contributed by atoms with van der Waals surface area (Å²) in [6, 6.07) is 10.1. The molecule has 0 radical (unpaired) electrons.